The number of aromatic amines is 1. The fourth-order valence-electron chi connectivity index (χ4n) is 4.81. The van der Waals surface area contributed by atoms with Crippen LogP contribution in [0.25, 0.3) is 10.9 Å². The van der Waals surface area contributed by atoms with Crippen LogP contribution in [0.4, 0.5) is 10.5 Å². The van der Waals surface area contributed by atoms with Crippen LogP contribution in [0, 0.1) is 13.8 Å². The van der Waals surface area contributed by atoms with E-state index >= 15 is 0 Å². The van der Waals surface area contributed by atoms with Crippen LogP contribution in [0.15, 0.2) is 41.2 Å². The number of amides is 2. The van der Waals surface area contributed by atoms with Crippen molar-refractivity contribution >= 4 is 22.6 Å². The van der Waals surface area contributed by atoms with E-state index in [4.69, 9.17) is 10.5 Å². The van der Waals surface area contributed by atoms with Gasteiger partial charge in [-0.25, -0.2) is 4.79 Å². The van der Waals surface area contributed by atoms with Crippen molar-refractivity contribution in [2.45, 2.75) is 59.5 Å². The van der Waals surface area contributed by atoms with Crippen molar-refractivity contribution in [2.75, 3.05) is 25.1 Å². The molecule has 0 aliphatic carbocycles. The second-order valence-corrected chi connectivity index (χ2v) is 9.18. The first-order chi connectivity index (χ1) is 17.2. The lowest BCUT2D eigenvalue weighted by Crippen LogP contribution is -2.38. The summed E-state index contributed by atoms with van der Waals surface area (Å²) in [4.78, 5) is 30.5. The van der Waals surface area contributed by atoms with Gasteiger partial charge in [-0.3, -0.25) is 4.79 Å². The number of aliphatic hydroxyl groups is 1. The molecule has 8 heteroatoms. The number of hydrogen-bond acceptors (Lipinski definition) is 5. The van der Waals surface area contributed by atoms with Gasteiger partial charge in [0.25, 0.3) is 5.56 Å². The van der Waals surface area contributed by atoms with Gasteiger partial charge >= 0.3 is 6.03 Å². The first-order valence-corrected chi connectivity index (χ1v) is 12.5. The average Bonchev–Trinajstić information content (AvgIpc) is 2.86. The first-order valence-electron chi connectivity index (χ1n) is 12.5. The highest BCUT2D eigenvalue weighted by Gasteiger charge is 2.28. The van der Waals surface area contributed by atoms with Gasteiger partial charge in [0, 0.05) is 23.3 Å². The molecule has 0 atom stereocenters. The van der Waals surface area contributed by atoms with Gasteiger partial charge < -0.3 is 30.8 Å². The Labute approximate surface area is 212 Å². The first kappa shape index (κ1) is 27.2. The highest BCUT2D eigenvalue weighted by molar-refractivity contribution is 5.89. The number of nitrogens with two attached hydrogens (primary N) is 1. The van der Waals surface area contributed by atoms with Crippen LogP contribution in [0.2, 0.25) is 0 Å². The molecule has 0 unspecified atom stereocenters. The predicted octanol–water partition coefficient (Wildman–Crippen LogP) is 4.54. The minimum Gasteiger partial charge on any atom is -0.494 e. The Bertz CT molecular complexity index is 1260. The molecule has 2 amide bonds. The third kappa shape index (κ3) is 5.71. The number of H-pyrrole nitrogens is 1. The summed E-state index contributed by atoms with van der Waals surface area (Å²) in [7, 11) is 0. The monoisotopic (exact) mass is 494 g/mol. The topological polar surface area (TPSA) is 121 Å². The molecule has 5 N–H and O–H groups in total. The molecule has 0 bridgehead atoms. The van der Waals surface area contributed by atoms with Gasteiger partial charge in [-0.1, -0.05) is 13.8 Å². The molecule has 0 aliphatic rings. The number of rotatable bonds is 10. The summed E-state index contributed by atoms with van der Waals surface area (Å²) in [5.41, 5.74) is 10.9. The SMILES string of the molecule is CCOc1ccc(NC(=O)N(CCO)Cc2cc3cc(C)c(C(N)(CC)CC)c(C)c3[nH]c2=O)cc1. The molecule has 1 aromatic heterocycles. The number of pyridine rings is 1. The number of carbonyl (C=O) groups excluding carboxylic acids is 1. The highest BCUT2D eigenvalue weighted by Crippen LogP contribution is 2.34. The van der Waals surface area contributed by atoms with E-state index < -0.39 is 11.6 Å². The Morgan fingerprint density at radius 2 is 1.81 bits per heavy atom. The third-order valence-electron chi connectivity index (χ3n) is 6.86. The number of aryl methyl sites for hydroxylation is 2. The van der Waals surface area contributed by atoms with E-state index in [1.165, 1.54) is 4.90 Å². The molecule has 1 heterocycles. The zero-order chi connectivity index (χ0) is 26.5. The van der Waals surface area contributed by atoms with Crippen LogP contribution >= 0.6 is 0 Å². The molecule has 2 aromatic carbocycles. The Morgan fingerprint density at radius 3 is 2.39 bits per heavy atom. The predicted molar refractivity (Wildman–Crippen MR) is 145 cm³/mol. The Hall–Kier alpha value is -3.36. The molecular weight excluding hydrogens is 456 g/mol. The molecule has 3 aromatic rings. The zero-order valence-electron chi connectivity index (χ0n) is 21.9. The van der Waals surface area contributed by atoms with Crippen molar-refractivity contribution in [1.29, 1.82) is 0 Å². The van der Waals surface area contributed by atoms with E-state index in [1.807, 2.05) is 32.9 Å². The molecule has 194 valence electrons. The zero-order valence-corrected chi connectivity index (χ0v) is 21.9. The number of hydrogen-bond donors (Lipinski definition) is 4. The van der Waals surface area contributed by atoms with Crippen molar-refractivity contribution in [3.63, 3.8) is 0 Å². The molecular formula is C28H38N4O4. The maximum absolute atomic E-state index is 13.1. The molecule has 0 aliphatic heterocycles. The number of nitrogens with zero attached hydrogens (tertiary/aromatic N) is 1. The minimum atomic E-state index is -0.463. The molecule has 36 heavy (non-hydrogen) atoms. The second-order valence-electron chi connectivity index (χ2n) is 9.18. The fraction of sp³-hybridized carbons (Fsp3) is 0.429. The molecule has 0 spiro atoms. The smallest absolute Gasteiger partial charge is 0.322 e. The summed E-state index contributed by atoms with van der Waals surface area (Å²) < 4.78 is 5.43. The van der Waals surface area contributed by atoms with Gasteiger partial charge in [-0.05, 0) is 92.1 Å². The number of urea groups is 1. The Kier molecular flexibility index (Phi) is 8.76. The van der Waals surface area contributed by atoms with Crippen LogP contribution < -0.4 is 21.3 Å². The van der Waals surface area contributed by atoms with Gasteiger partial charge in [-0.2, -0.15) is 0 Å². The second kappa shape index (κ2) is 11.6. The summed E-state index contributed by atoms with van der Waals surface area (Å²) >= 11 is 0. The molecule has 0 saturated heterocycles. The van der Waals surface area contributed by atoms with Crippen LogP contribution in [0.5, 0.6) is 5.75 Å². The van der Waals surface area contributed by atoms with Crippen molar-refractivity contribution < 1.29 is 14.6 Å². The van der Waals surface area contributed by atoms with E-state index in [2.05, 4.69) is 24.1 Å². The van der Waals surface area contributed by atoms with Gasteiger partial charge in [0.2, 0.25) is 0 Å². The highest BCUT2D eigenvalue weighted by atomic mass is 16.5. The van der Waals surface area contributed by atoms with Crippen LogP contribution in [0.3, 0.4) is 0 Å². The van der Waals surface area contributed by atoms with Crippen molar-refractivity contribution in [2.24, 2.45) is 5.73 Å². The van der Waals surface area contributed by atoms with Gasteiger partial charge in [-0.15, -0.1) is 0 Å². The maximum Gasteiger partial charge on any atom is 0.322 e. The van der Waals surface area contributed by atoms with Crippen molar-refractivity contribution in [3.8, 4) is 5.75 Å². The minimum absolute atomic E-state index is 0.0549. The van der Waals surface area contributed by atoms with Gasteiger partial charge in [0.1, 0.15) is 5.75 Å². The molecule has 0 fully saturated rings. The number of aliphatic hydroxyl groups excluding tert-OH is 1. The number of carbonyl (C=O) groups is 1. The fourth-order valence-corrected chi connectivity index (χ4v) is 4.81. The van der Waals surface area contributed by atoms with E-state index in [0.717, 1.165) is 40.4 Å². The van der Waals surface area contributed by atoms with Crippen LogP contribution in [0.1, 0.15) is 55.9 Å². The molecule has 0 saturated carbocycles. The van der Waals surface area contributed by atoms with Crippen molar-refractivity contribution in [1.82, 2.24) is 9.88 Å². The number of anilines is 1. The quantitative estimate of drug-likeness (QED) is 0.330. The molecule has 8 nitrogen and oxygen atoms in total. The summed E-state index contributed by atoms with van der Waals surface area (Å²) in [5, 5.41) is 13.3. The van der Waals surface area contributed by atoms with Gasteiger partial charge in [0.15, 0.2) is 0 Å². The average molecular weight is 495 g/mol. The standard InChI is InChI=1S/C28H38N4O4/c1-6-28(29,7-2)24-18(4)15-20-16-21(26(34)31-25(20)19(24)5)17-32(13-14-33)27(35)30-22-9-11-23(12-10-22)36-8-3/h9-12,15-16,33H,6-8,13-14,17,29H2,1-5H3,(H,30,35)(H,31,34). The summed E-state index contributed by atoms with van der Waals surface area (Å²) in [5.74, 6) is 0.712. The van der Waals surface area contributed by atoms with E-state index in [0.29, 0.717) is 23.6 Å². The van der Waals surface area contributed by atoms with E-state index in [1.54, 1.807) is 24.3 Å². The number of nitrogens with one attached hydrogen (secondary N) is 2. The molecule has 3 rings (SSSR count). The lowest BCUT2D eigenvalue weighted by Gasteiger charge is -2.31. The lowest BCUT2D eigenvalue weighted by molar-refractivity contribution is 0.185. The van der Waals surface area contributed by atoms with Crippen molar-refractivity contribution in [3.05, 3.63) is 69.0 Å². The maximum atomic E-state index is 13.1. The third-order valence-corrected chi connectivity index (χ3v) is 6.86. The normalized spacial score (nSPS) is 11.5. The largest absolute Gasteiger partial charge is 0.494 e. The van der Waals surface area contributed by atoms with E-state index in [9.17, 15) is 14.7 Å². The Balaban J connectivity index is 1.91. The Morgan fingerprint density at radius 1 is 1.14 bits per heavy atom. The summed E-state index contributed by atoms with van der Waals surface area (Å²) in [6.07, 6.45) is 1.58. The van der Waals surface area contributed by atoms with Crippen LogP contribution in [-0.2, 0) is 12.1 Å². The van der Waals surface area contributed by atoms with Crippen LogP contribution in [-0.4, -0.2) is 40.8 Å². The number of fused-ring (bicyclic) bond motifs is 1. The van der Waals surface area contributed by atoms with Gasteiger partial charge in [0.05, 0.1) is 25.3 Å². The molecule has 0 radical (unpaired) electrons. The summed E-state index contributed by atoms with van der Waals surface area (Å²) in [6.45, 7) is 10.6. The van der Waals surface area contributed by atoms with E-state index in [-0.39, 0.29) is 25.3 Å². The number of ether oxygens (including phenoxy) is 1. The summed E-state index contributed by atoms with van der Waals surface area (Å²) in [6, 6.07) is 10.5. The number of aromatic nitrogens is 1. The number of benzene rings is 2. The lowest BCUT2D eigenvalue weighted by atomic mass is 9.79.